The molecule has 8 heteroatoms. The molecule has 1 fully saturated rings. The maximum atomic E-state index is 13.1. The number of halogens is 2. The number of hydrogen-bond donors (Lipinski definition) is 2. The molecule has 0 bridgehead atoms. The number of nitrogens with one attached hydrogen (secondary N) is 2. The van der Waals surface area contributed by atoms with E-state index in [0.29, 0.717) is 23.0 Å². The molecule has 1 amide bonds. The second-order valence-electron chi connectivity index (χ2n) is 5.85. The van der Waals surface area contributed by atoms with Crippen molar-refractivity contribution in [2.45, 2.75) is 25.7 Å². The average Bonchev–Trinajstić information content (AvgIpc) is 2.89. The van der Waals surface area contributed by atoms with E-state index in [1.165, 1.54) is 18.2 Å². The normalized spacial score (nSPS) is 15.0. The number of nitrogens with zero attached hydrogens (tertiary/aromatic N) is 3. The van der Waals surface area contributed by atoms with E-state index < -0.39 is 0 Å². The van der Waals surface area contributed by atoms with Gasteiger partial charge in [-0.3, -0.25) is 10.1 Å². The Kier molecular flexibility index (Phi) is 5.90. The van der Waals surface area contributed by atoms with Crippen LogP contribution in [0.25, 0.3) is 0 Å². The summed E-state index contributed by atoms with van der Waals surface area (Å²) in [5.41, 5.74) is 1.01. The van der Waals surface area contributed by atoms with E-state index in [2.05, 4.69) is 20.7 Å². The molecule has 1 aromatic carbocycles. The molecule has 1 aliphatic heterocycles. The lowest BCUT2D eigenvalue weighted by Crippen LogP contribution is -2.27. The Bertz CT molecular complexity index is 727. The third-order valence-corrected chi connectivity index (χ3v) is 4.14. The minimum atomic E-state index is -0.356. The molecule has 1 aromatic heterocycles. The fourth-order valence-electron chi connectivity index (χ4n) is 2.82. The molecular formula is C16H21ClFN5O. The summed E-state index contributed by atoms with van der Waals surface area (Å²) in [5.74, 6) is 0.828. The molecule has 130 valence electrons. The summed E-state index contributed by atoms with van der Waals surface area (Å²) in [4.78, 5) is 16.8. The van der Waals surface area contributed by atoms with Crippen molar-refractivity contribution in [3.8, 4) is 0 Å². The van der Waals surface area contributed by atoms with Gasteiger partial charge in [0.2, 0.25) is 5.95 Å². The lowest BCUT2D eigenvalue weighted by molar-refractivity contribution is 0.102. The van der Waals surface area contributed by atoms with Gasteiger partial charge in [-0.2, -0.15) is 10.1 Å². The van der Waals surface area contributed by atoms with Crippen molar-refractivity contribution in [1.29, 1.82) is 0 Å². The van der Waals surface area contributed by atoms with Gasteiger partial charge in [-0.15, -0.1) is 12.4 Å². The second-order valence-corrected chi connectivity index (χ2v) is 5.85. The fourth-order valence-corrected chi connectivity index (χ4v) is 2.82. The number of rotatable bonds is 3. The van der Waals surface area contributed by atoms with Gasteiger partial charge >= 0.3 is 0 Å². The van der Waals surface area contributed by atoms with E-state index >= 15 is 0 Å². The van der Waals surface area contributed by atoms with Crippen molar-refractivity contribution in [3.05, 3.63) is 41.0 Å². The third-order valence-electron chi connectivity index (χ3n) is 4.14. The summed E-state index contributed by atoms with van der Waals surface area (Å²) in [6.07, 6.45) is 1.99. The minimum Gasteiger partial charge on any atom is -0.317 e. The highest BCUT2D eigenvalue weighted by Gasteiger charge is 2.21. The van der Waals surface area contributed by atoms with E-state index in [4.69, 9.17) is 0 Å². The molecule has 3 rings (SSSR count). The lowest BCUT2D eigenvalue weighted by Gasteiger charge is -2.19. The van der Waals surface area contributed by atoms with Crippen LogP contribution in [0.4, 0.5) is 10.3 Å². The first kappa shape index (κ1) is 18.4. The summed E-state index contributed by atoms with van der Waals surface area (Å²) >= 11 is 0. The number of carbonyl (C=O) groups excluding carboxylic acids is 1. The number of anilines is 1. The Morgan fingerprint density at radius 2 is 2.08 bits per heavy atom. The number of hydrogen-bond acceptors (Lipinski definition) is 4. The number of aryl methyl sites for hydroxylation is 2. The van der Waals surface area contributed by atoms with E-state index in [0.717, 1.165) is 31.8 Å². The van der Waals surface area contributed by atoms with Gasteiger partial charge in [-0.25, -0.2) is 9.07 Å². The van der Waals surface area contributed by atoms with Gasteiger partial charge < -0.3 is 5.32 Å². The van der Waals surface area contributed by atoms with Crippen LogP contribution in [-0.2, 0) is 7.05 Å². The predicted molar refractivity (Wildman–Crippen MR) is 92.2 cm³/mol. The third kappa shape index (κ3) is 3.91. The molecule has 2 aromatic rings. The van der Waals surface area contributed by atoms with Crippen LogP contribution >= 0.6 is 12.4 Å². The number of amides is 1. The van der Waals surface area contributed by atoms with Crippen molar-refractivity contribution < 1.29 is 9.18 Å². The second kappa shape index (κ2) is 7.72. The van der Waals surface area contributed by atoms with E-state index in [1.807, 2.05) is 0 Å². The Labute approximate surface area is 146 Å². The summed E-state index contributed by atoms with van der Waals surface area (Å²) < 4.78 is 14.7. The van der Waals surface area contributed by atoms with Crippen molar-refractivity contribution in [2.75, 3.05) is 18.4 Å². The minimum absolute atomic E-state index is 0. The predicted octanol–water partition coefficient (Wildman–Crippen LogP) is 2.40. The highest BCUT2D eigenvalue weighted by Crippen LogP contribution is 2.23. The molecule has 0 unspecified atom stereocenters. The first-order valence-corrected chi connectivity index (χ1v) is 7.74. The van der Waals surface area contributed by atoms with E-state index in [1.54, 1.807) is 18.7 Å². The number of aromatic nitrogens is 3. The number of carbonyl (C=O) groups is 1. The van der Waals surface area contributed by atoms with Gasteiger partial charge in [-0.05, 0) is 56.6 Å². The van der Waals surface area contributed by atoms with Crippen LogP contribution in [0.2, 0.25) is 0 Å². The van der Waals surface area contributed by atoms with Crippen LogP contribution in [0.3, 0.4) is 0 Å². The summed E-state index contributed by atoms with van der Waals surface area (Å²) in [6.45, 7) is 3.62. The molecule has 0 atom stereocenters. The molecule has 6 nitrogen and oxygen atoms in total. The van der Waals surface area contributed by atoms with Gasteiger partial charge in [0.05, 0.1) is 0 Å². The Balaban J connectivity index is 0.00000208. The van der Waals surface area contributed by atoms with Crippen LogP contribution in [0, 0.1) is 12.7 Å². The number of benzene rings is 1. The molecule has 0 spiro atoms. The standard InChI is InChI=1S/C16H20FN5O.ClH/c1-10-9-12(17)3-4-13(10)15(23)20-16-19-14(21-22(16)2)11-5-7-18-8-6-11;/h3-4,9,11,18H,5-8H2,1-2H3,(H,19,20,21,23);1H. The maximum Gasteiger partial charge on any atom is 0.258 e. The summed E-state index contributed by atoms with van der Waals surface area (Å²) in [7, 11) is 1.75. The first-order chi connectivity index (χ1) is 11.0. The highest BCUT2D eigenvalue weighted by atomic mass is 35.5. The van der Waals surface area contributed by atoms with Crippen molar-refractivity contribution in [2.24, 2.45) is 7.05 Å². The largest absolute Gasteiger partial charge is 0.317 e. The Morgan fingerprint density at radius 3 is 2.75 bits per heavy atom. The Hall–Kier alpha value is -1.99. The zero-order valence-corrected chi connectivity index (χ0v) is 14.5. The molecule has 1 saturated heterocycles. The molecule has 0 radical (unpaired) electrons. The zero-order chi connectivity index (χ0) is 16.4. The molecule has 2 heterocycles. The first-order valence-electron chi connectivity index (χ1n) is 7.74. The van der Waals surface area contributed by atoms with E-state index in [9.17, 15) is 9.18 Å². The smallest absolute Gasteiger partial charge is 0.258 e. The Morgan fingerprint density at radius 1 is 1.38 bits per heavy atom. The molecule has 0 aliphatic carbocycles. The molecule has 2 N–H and O–H groups in total. The highest BCUT2D eigenvalue weighted by molar-refractivity contribution is 6.04. The molecule has 1 aliphatic rings. The maximum absolute atomic E-state index is 13.1. The summed E-state index contributed by atoms with van der Waals surface area (Å²) in [6, 6.07) is 4.09. The number of piperidine rings is 1. The van der Waals surface area contributed by atoms with Crippen LogP contribution in [0.15, 0.2) is 18.2 Å². The molecule has 0 saturated carbocycles. The molecular weight excluding hydrogens is 333 g/mol. The summed E-state index contributed by atoms with van der Waals surface area (Å²) in [5, 5.41) is 10.5. The SMILES string of the molecule is Cc1cc(F)ccc1C(=O)Nc1nc(C2CCNCC2)nn1C.Cl. The topological polar surface area (TPSA) is 71.8 Å². The van der Waals surface area contributed by atoms with Gasteiger partial charge in [0.1, 0.15) is 5.82 Å². The van der Waals surface area contributed by atoms with E-state index in [-0.39, 0.29) is 24.1 Å². The average molecular weight is 354 g/mol. The fraction of sp³-hybridized carbons (Fsp3) is 0.438. The van der Waals surface area contributed by atoms with Gasteiger partial charge in [0.15, 0.2) is 5.82 Å². The van der Waals surface area contributed by atoms with Crippen LogP contribution in [-0.4, -0.2) is 33.8 Å². The monoisotopic (exact) mass is 353 g/mol. The lowest BCUT2D eigenvalue weighted by atomic mass is 9.98. The van der Waals surface area contributed by atoms with Crippen molar-refractivity contribution >= 4 is 24.3 Å². The van der Waals surface area contributed by atoms with Gasteiger partial charge in [-0.1, -0.05) is 0 Å². The van der Waals surface area contributed by atoms with Crippen LogP contribution in [0.1, 0.15) is 40.5 Å². The van der Waals surface area contributed by atoms with Crippen molar-refractivity contribution in [3.63, 3.8) is 0 Å². The molecule has 24 heavy (non-hydrogen) atoms. The van der Waals surface area contributed by atoms with Crippen molar-refractivity contribution in [1.82, 2.24) is 20.1 Å². The van der Waals surface area contributed by atoms with Crippen LogP contribution < -0.4 is 10.6 Å². The quantitative estimate of drug-likeness (QED) is 0.888. The van der Waals surface area contributed by atoms with Gasteiger partial charge in [0, 0.05) is 18.5 Å². The van der Waals surface area contributed by atoms with Crippen LogP contribution in [0.5, 0.6) is 0 Å². The van der Waals surface area contributed by atoms with Gasteiger partial charge in [0.25, 0.3) is 5.91 Å². The zero-order valence-electron chi connectivity index (χ0n) is 13.7.